The van der Waals surface area contributed by atoms with Gasteiger partial charge in [0.15, 0.2) is 0 Å². The van der Waals surface area contributed by atoms with Crippen LogP contribution < -0.4 is 5.32 Å². The van der Waals surface area contributed by atoms with Crippen LogP contribution in [0.25, 0.3) is 5.69 Å². The lowest BCUT2D eigenvalue weighted by molar-refractivity contribution is 0.194. The molecule has 1 atom stereocenters. The summed E-state index contributed by atoms with van der Waals surface area (Å²) in [6, 6.07) is 26.1. The number of aromatic nitrogens is 1. The van der Waals surface area contributed by atoms with Crippen molar-refractivity contribution in [2.45, 2.75) is 32.4 Å². The molecule has 0 spiro atoms. The molecule has 1 N–H and O–H groups in total. The van der Waals surface area contributed by atoms with Crippen LogP contribution in [0.5, 0.6) is 0 Å². The minimum absolute atomic E-state index is 0.232. The van der Waals surface area contributed by atoms with Crippen LogP contribution in [0.15, 0.2) is 91.1 Å². The minimum Gasteiger partial charge on any atom is -0.318 e. The molecule has 166 valence electrons. The Labute approximate surface area is 193 Å². The Morgan fingerprint density at radius 1 is 0.939 bits per heavy atom. The van der Waals surface area contributed by atoms with Crippen molar-refractivity contribution in [2.24, 2.45) is 0 Å². The van der Waals surface area contributed by atoms with Gasteiger partial charge in [0.25, 0.3) is 0 Å². The number of nitrogens with zero attached hydrogens (tertiary/aromatic N) is 2. The molecule has 0 aliphatic carbocycles. The topological polar surface area (TPSA) is 37.3 Å². The first-order chi connectivity index (χ1) is 16.0. The highest BCUT2D eigenvalue weighted by Crippen LogP contribution is 2.37. The van der Waals surface area contributed by atoms with Gasteiger partial charge in [0.05, 0.1) is 18.3 Å². The van der Waals surface area contributed by atoms with E-state index in [1.165, 1.54) is 17.7 Å². The van der Waals surface area contributed by atoms with E-state index in [1.54, 1.807) is 12.1 Å². The van der Waals surface area contributed by atoms with Gasteiger partial charge in [0, 0.05) is 17.6 Å². The number of benzene rings is 3. The Hall–Kier alpha value is -3.86. The zero-order valence-electron chi connectivity index (χ0n) is 18.7. The second kappa shape index (κ2) is 8.58. The lowest BCUT2D eigenvalue weighted by Crippen LogP contribution is -2.37. The number of hydrogen-bond acceptors (Lipinski definition) is 1. The number of halogens is 1. The first kappa shape index (κ1) is 21.0. The second-order valence-corrected chi connectivity index (χ2v) is 8.72. The van der Waals surface area contributed by atoms with Crippen molar-refractivity contribution in [1.82, 2.24) is 9.47 Å². The van der Waals surface area contributed by atoms with Gasteiger partial charge in [-0.15, -0.1) is 0 Å². The first-order valence-corrected chi connectivity index (χ1v) is 11.2. The molecule has 3 aromatic carbocycles. The Bertz CT molecular complexity index is 1280. The second-order valence-electron chi connectivity index (χ2n) is 8.72. The van der Waals surface area contributed by atoms with Crippen molar-refractivity contribution >= 4 is 11.7 Å². The lowest BCUT2D eigenvalue weighted by atomic mass is 9.97. The number of para-hydroxylation sites is 1. The fraction of sp³-hybridized carbons (Fsp3) is 0.179. The Kier molecular flexibility index (Phi) is 5.47. The summed E-state index contributed by atoms with van der Waals surface area (Å²) in [5.74, 6) is 0.0943. The monoisotopic (exact) mass is 439 g/mol. The summed E-state index contributed by atoms with van der Waals surface area (Å²) in [5, 5.41) is 2.96. The van der Waals surface area contributed by atoms with Crippen LogP contribution in [-0.2, 0) is 6.54 Å². The number of hydrogen-bond donors (Lipinski definition) is 1. The molecule has 0 radical (unpaired) electrons. The van der Waals surface area contributed by atoms with Crippen molar-refractivity contribution < 1.29 is 9.18 Å². The summed E-state index contributed by atoms with van der Waals surface area (Å²) in [4.78, 5) is 15.5. The number of fused-ring (bicyclic) bond motifs is 3. The van der Waals surface area contributed by atoms with Crippen LogP contribution in [0.3, 0.4) is 0 Å². The number of carbonyl (C=O) groups is 1. The highest BCUT2D eigenvalue weighted by Gasteiger charge is 2.33. The molecule has 0 bridgehead atoms. The van der Waals surface area contributed by atoms with E-state index in [4.69, 9.17) is 0 Å². The standard InChI is InChI=1S/C28H26FN3O/c1-19(2)20-9-11-21(12-10-20)27-26-8-5-17-31(26)25-7-4-3-6-22(25)18-32(27)28(33)30-24-15-13-23(29)14-16-24/h3-17,19,27H,18H2,1-2H3,(H,30,33). The summed E-state index contributed by atoms with van der Waals surface area (Å²) < 4.78 is 15.5. The van der Waals surface area contributed by atoms with E-state index in [2.05, 4.69) is 66.2 Å². The van der Waals surface area contributed by atoms with Crippen LogP contribution >= 0.6 is 0 Å². The number of nitrogens with one attached hydrogen (secondary N) is 1. The molecule has 2 amide bonds. The summed E-state index contributed by atoms with van der Waals surface area (Å²) in [6.07, 6.45) is 2.05. The number of rotatable bonds is 3. The largest absolute Gasteiger partial charge is 0.322 e. The van der Waals surface area contributed by atoms with Crippen molar-refractivity contribution in [3.05, 3.63) is 119 Å². The Morgan fingerprint density at radius 2 is 1.67 bits per heavy atom. The summed E-state index contributed by atoms with van der Waals surface area (Å²) >= 11 is 0. The molecule has 0 saturated carbocycles. The van der Waals surface area contributed by atoms with Gasteiger partial charge in [-0.05, 0) is 65.1 Å². The molecule has 1 unspecified atom stereocenters. The van der Waals surface area contributed by atoms with Gasteiger partial charge >= 0.3 is 6.03 Å². The minimum atomic E-state index is -0.336. The fourth-order valence-corrected chi connectivity index (χ4v) is 4.48. The van der Waals surface area contributed by atoms with Gasteiger partial charge in [-0.2, -0.15) is 0 Å². The summed E-state index contributed by atoms with van der Waals surface area (Å²) in [5.41, 5.74) is 6.01. The molecule has 2 heterocycles. The lowest BCUT2D eigenvalue weighted by Gasteiger charge is -2.31. The van der Waals surface area contributed by atoms with E-state index in [9.17, 15) is 9.18 Å². The average Bonchev–Trinajstić information content (AvgIpc) is 3.25. The molecule has 1 aromatic heterocycles. The molecule has 1 aliphatic rings. The molecule has 33 heavy (non-hydrogen) atoms. The van der Waals surface area contributed by atoms with Crippen molar-refractivity contribution in [3.8, 4) is 5.69 Å². The highest BCUT2D eigenvalue weighted by molar-refractivity contribution is 5.90. The average molecular weight is 440 g/mol. The molecular formula is C28H26FN3O. The van der Waals surface area contributed by atoms with Gasteiger partial charge in [0.2, 0.25) is 0 Å². The molecule has 0 fully saturated rings. The summed E-state index contributed by atoms with van der Waals surface area (Å²) in [7, 11) is 0. The van der Waals surface area contributed by atoms with Crippen LogP contribution in [0.1, 0.15) is 48.2 Å². The zero-order chi connectivity index (χ0) is 22.9. The normalized spacial score (nSPS) is 15.0. The quantitative estimate of drug-likeness (QED) is 0.371. The van der Waals surface area contributed by atoms with Crippen molar-refractivity contribution in [3.63, 3.8) is 0 Å². The maximum absolute atomic E-state index is 13.6. The van der Waals surface area contributed by atoms with Crippen LogP contribution in [0.4, 0.5) is 14.9 Å². The predicted molar refractivity (Wildman–Crippen MR) is 129 cm³/mol. The van der Waals surface area contributed by atoms with E-state index in [1.807, 2.05) is 29.3 Å². The number of urea groups is 1. The Balaban J connectivity index is 1.61. The van der Waals surface area contributed by atoms with Gasteiger partial charge < -0.3 is 14.8 Å². The fourth-order valence-electron chi connectivity index (χ4n) is 4.48. The SMILES string of the molecule is CC(C)c1ccc(C2c3cccn3-c3ccccc3CN2C(=O)Nc2ccc(F)cc2)cc1. The third-order valence-electron chi connectivity index (χ3n) is 6.24. The van der Waals surface area contributed by atoms with E-state index in [0.717, 1.165) is 22.5 Å². The molecule has 4 aromatic rings. The Morgan fingerprint density at radius 3 is 2.39 bits per heavy atom. The highest BCUT2D eigenvalue weighted by atomic mass is 19.1. The molecule has 5 rings (SSSR count). The van der Waals surface area contributed by atoms with E-state index in [0.29, 0.717) is 18.2 Å². The third-order valence-corrected chi connectivity index (χ3v) is 6.24. The number of carbonyl (C=O) groups excluding carboxylic acids is 1. The van der Waals surface area contributed by atoms with E-state index < -0.39 is 0 Å². The van der Waals surface area contributed by atoms with Crippen molar-refractivity contribution in [1.29, 1.82) is 0 Å². The maximum atomic E-state index is 13.6. The molecule has 1 aliphatic heterocycles. The maximum Gasteiger partial charge on any atom is 0.322 e. The van der Waals surface area contributed by atoms with E-state index >= 15 is 0 Å². The zero-order valence-corrected chi connectivity index (χ0v) is 18.7. The molecule has 4 nitrogen and oxygen atoms in total. The molecule has 0 saturated heterocycles. The van der Waals surface area contributed by atoms with E-state index in [-0.39, 0.29) is 17.9 Å². The first-order valence-electron chi connectivity index (χ1n) is 11.2. The van der Waals surface area contributed by atoms with Crippen molar-refractivity contribution in [2.75, 3.05) is 5.32 Å². The van der Waals surface area contributed by atoms with Crippen LogP contribution in [0.2, 0.25) is 0 Å². The van der Waals surface area contributed by atoms with Gasteiger partial charge in [-0.3, -0.25) is 0 Å². The van der Waals surface area contributed by atoms with Gasteiger partial charge in [0.1, 0.15) is 5.82 Å². The van der Waals surface area contributed by atoms with Gasteiger partial charge in [-0.25, -0.2) is 9.18 Å². The molecule has 5 heteroatoms. The summed E-state index contributed by atoms with van der Waals surface area (Å²) in [6.45, 7) is 4.79. The van der Waals surface area contributed by atoms with Crippen LogP contribution in [0, 0.1) is 5.82 Å². The van der Waals surface area contributed by atoms with Crippen LogP contribution in [-0.4, -0.2) is 15.5 Å². The predicted octanol–water partition coefficient (Wildman–Crippen LogP) is 6.88. The third kappa shape index (κ3) is 4.02. The number of amides is 2. The van der Waals surface area contributed by atoms with Gasteiger partial charge in [-0.1, -0.05) is 56.3 Å². The number of anilines is 1. The smallest absolute Gasteiger partial charge is 0.318 e. The molecular weight excluding hydrogens is 413 g/mol.